The van der Waals surface area contributed by atoms with Gasteiger partial charge in [-0.1, -0.05) is 61.2 Å². The minimum Gasteiger partial charge on any atom is -0.465 e. The van der Waals surface area contributed by atoms with Crippen LogP contribution in [0.15, 0.2) is 25.3 Å². The van der Waals surface area contributed by atoms with Gasteiger partial charge < -0.3 is 19.6 Å². The number of carbonyl (C=O) groups excluding carboxylic acids is 3. The number of alkyl halides is 1. The van der Waals surface area contributed by atoms with Crippen LogP contribution in [-0.2, 0) is 19.1 Å². The van der Waals surface area contributed by atoms with E-state index in [0.717, 1.165) is 32.1 Å². The third kappa shape index (κ3) is 5.12. The predicted molar refractivity (Wildman–Crippen MR) is 154 cm³/mol. The number of likely N-dealkylation sites (tertiary alicyclic amines) is 1. The van der Waals surface area contributed by atoms with Crippen LogP contribution in [0.5, 0.6) is 0 Å². The summed E-state index contributed by atoms with van der Waals surface area (Å²) in [5.41, 5.74) is 0. The zero-order chi connectivity index (χ0) is 27.6. The Morgan fingerprint density at radius 1 is 1.26 bits per heavy atom. The zero-order valence-electron chi connectivity index (χ0n) is 22.7. The van der Waals surface area contributed by atoms with Crippen molar-refractivity contribution in [1.82, 2.24) is 9.80 Å². The lowest BCUT2D eigenvalue weighted by Gasteiger charge is -2.43. The number of nitrogens with zero attached hydrogens (tertiary/aromatic N) is 2. The van der Waals surface area contributed by atoms with Crippen LogP contribution >= 0.6 is 27.7 Å². The molecule has 0 aromatic rings. The molecule has 1 spiro atoms. The maximum absolute atomic E-state index is 14.6. The first-order chi connectivity index (χ1) is 18.2. The number of aliphatic hydroxyl groups excluding tert-OH is 1. The minimum atomic E-state index is -0.742. The van der Waals surface area contributed by atoms with Crippen LogP contribution in [0.3, 0.4) is 0 Å². The highest BCUT2D eigenvalue weighted by atomic mass is 79.9. The van der Waals surface area contributed by atoms with E-state index in [1.807, 2.05) is 18.7 Å². The van der Waals surface area contributed by atoms with Crippen molar-refractivity contribution >= 4 is 45.5 Å². The van der Waals surface area contributed by atoms with E-state index in [2.05, 4.69) is 29.1 Å². The number of thioether (sulfide) groups is 1. The number of unbranched alkanes of at least 4 members (excludes halogenated alkanes) is 1. The Balaban J connectivity index is 1.74. The van der Waals surface area contributed by atoms with Crippen molar-refractivity contribution in [3.8, 4) is 0 Å². The summed E-state index contributed by atoms with van der Waals surface area (Å²) in [5.74, 6) is -1.94. The number of esters is 1. The molecule has 9 heteroatoms. The first-order valence-corrected chi connectivity index (χ1v) is 16.0. The van der Waals surface area contributed by atoms with Gasteiger partial charge >= 0.3 is 5.97 Å². The van der Waals surface area contributed by atoms with Crippen LogP contribution in [0.25, 0.3) is 0 Å². The summed E-state index contributed by atoms with van der Waals surface area (Å²) in [5, 5.41) is 10.3. The maximum atomic E-state index is 14.6. The number of amides is 2. The maximum Gasteiger partial charge on any atom is 0.310 e. The molecule has 1 N–H and O–H groups in total. The summed E-state index contributed by atoms with van der Waals surface area (Å²) < 4.78 is 4.94. The highest BCUT2D eigenvalue weighted by Gasteiger charge is 2.77. The number of aliphatic hydroxyl groups is 1. The molecule has 0 radical (unpaired) electrons. The van der Waals surface area contributed by atoms with Gasteiger partial charge in [0.1, 0.15) is 6.04 Å². The normalized spacial score (nSPS) is 33.3. The Kier molecular flexibility index (Phi) is 9.73. The quantitative estimate of drug-likeness (QED) is 0.153. The molecule has 3 saturated heterocycles. The number of hydrogen-bond acceptors (Lipinski definition) is 6. The van der Waals surface area contributed by atoms with Gasteiger partial charge in [0, 0.05) is 22.7 Å². The van der Waals surface area contributed by atoms with Gasteiger partial charge in [-0.05, 0) is 38.0 Å². The molecule has 4 rings (SSSR count). The molecular formula is C29H43BrN2O5S. The first-order valence-electron chi connectivity index (χ1n) is 14.2. The molecule has 0 aromatic carbocycles. The van der Waals surface area contributed by atoms with Crippen LogP contribution < -0.4 is 0 Å². The average molecular weight is 612 g/mol. The Morgan fingerprint density at radius 2 is 1.97 bits per heavy atom. The molecule has 3 unspecified atom stereocenters. The molecule has 2 bridgehead atoms. The fourth-order valence-corrected chi connectivity index (χ4v) is 10.8. The van der Waals surface area contributed by atoms with Crippen molar-refractivity contribution in [3.05, 3.63) is 25.3 Å². The highest BCUT2D eigenvalue weighted by Crippen LogP contribution is 2.68. The van der Waals surface area contributed by atoms with Crippen molar-refractivity contribution < 1.29 is 24.2 Å². The lowest BCUT2D eigenvalue weighted by atomic mass is 9.71. The second kappa shape index (κ2) is 12.5. The molecule has 4 fully saturated rings. The topological polar surface area (TPSA) is 87.2 Å². The number of carbonyl (C=O) groups is 3. The third-order valence-electron chi connectivity index (χ3n) is 8.97. The Morgan fingerprint density at radius 3 is 2.58 bits per heavy atom. The van der Waals surface area contributed by atoms with E-state index < -0.39 is 28.7 Å². The molecule has 2 amide bonds. The van der Waals surface area contributed by atoms with Crippen LogP contribution in [0, 0.1) is 17.8 Å². The highest BCUT2D eigenvalue weighted by molar-refractivity contribution is 9.09. The van der Waals surface area contributed by atoms with Crippen molar-refractivity contribution in [2.75, 3.05) is 19.8 Å². The molecule has 7 nitrogen and oxygen atoms in total. The van der Waals surface area contributed by atoms with E-state index >= 15 is 0 Å². The molecule has 38 heavy (non-hydrogen) atoms. The molecule has 212 valence electrons. The van der Waals surface area contributed by atoms with Gasteiger partial charge in [0.25, 0.3) is 0 Å². The van der Waals surface area contributed by atoms with E-state index in [4.69, 9.17) is 4.74 Å². The first kappa shape index (κ1) is 29.7. The lowest BCUT2D eigenvalue weighted by molar-refractivity contribution is -0.154. The molecule has 1 aliphatic carbocycles. The Labute approximate surface area is 239 Å². The minimum absolute atomic E-state index is 0.00770. The molecule has 3 heterocycles. The third-order valence-corrected chi connectivity index (χ3v) is 12.2. The summed E-state index contributed by atoms with van der Waals surface area (Å²) in [4.78, 5) is 46.0. The predicted octanol–water partition coefficient (Wildman–Crippen LogP) is 4.32. The molecule has 0 aromatic heterocycles. The number of fused-ring (bicyclic) bond motifs is 1. The second-order valence-electron chi connectivity index (χ2n) is 11.6. The summed E-state index contributed by atoms with van der Waals surface area (Å²) in [6.45, 7) is 12.1. The van der Waals surface area contributed by atoms with Crippen molar-refractivity contribution in [2.45, 2.75) is 98.2 Å². The molecule has 7 atom stereocenters. The second-order valence-corrected chi connectivity index (χ2v) is 14.3. The monoisotopic (exact) mass is 610 g/mol. The smallest absolute Gasteiger partial charge is 0.310 e. The van der Waals surface area contributed by atoms with Crippen LogP contribution in [0.1, 0.15) is 65.2 Å². The summed E-state index contributed by atoms with van der Waals surface area (Å²) in [7, 11) is 0. The van der Waals surface area contributed by atoms with Crippen molar-refractivity contribution in [2.24, 2.45) is 17.8 Å². The standard InChI is InChI=1S/C29H43BrN2O5S/c1-5-7-11-15-37-28(36)22-23-26(34)32(21(17-33)18(3)4)25(29(23)16-20(30)24(22)38-29)27(35)31(14-6-2)19-12-9-8-10-13-19/h5-6,18-25,33H,1-2,7-17H2,3-4H3/t20?,21-,22+,23-,24+,25?,29?/m0/s1. The summed E-state index contributed by atoms with van der Waals surface area (Å²) in [6, 6.07) is -1.14. The molecular weight excluding hydrogens is 568 g/mol. The zero-order valence-corrected chi connectivity index (χ0v) is 25.1. The van der Waals surface area contributed by atoms with E-state index in [-0.39, 0.29) is 53.0 Å². The number of ether oxygens (including phenoxy) is 1. The van der Waals surface area contributed by atoms with Crippen LogP contribution in [0.4, 0.5) is 0 Å². The Bertz CT molecular complexity index is 925. The van der Waals surface area contributed by atoms with Gasteiger partial charge in [-0.15, -0.1) is 24.9 Å². The number of halogens is 1. The van der Waals surface area contributed by atoms with Crippen molar-refractivity contribution in [1.29, 1.82) is 0 Å². The Hall–Kier alpha value is -1.32. The SMILES string of the molecule is C=CCCCOC(=O)[C@H]1[C@@H]2SC3(CC2Br)C(C(=O)N(CC=C)C2CCCCC2)N([C@@H](CO)C(C)C)C(=O)[C@H]13. The number of allylic oxidation sites excluding steroid dienone is 1. The molecule has 3 aliphatic heterocycles. The van der Waals surface area contributed by atoms with Gasteiger partial charge in [0.05, 0.1) is 35.8 Å². The molecule has 4 aliphatic rings. The van der Waals surface area contributed by atoms with Crippen LogP contribution in [-0.4, -0.2) is 85.4 Å². The summed E-state index contributed by atoms with van der Waals surface area (Å²) >= 11 is 5.43. The number of hydrogen-bond donors (Lipinski definition) is 1. The number of rotatable bonds is 12. The summed E-state index contributed by atoms with van der Waals surface area (Å²) in [6.07, 6.45) is 10.8. The van der Waals surface area contributed by atoms with Gasteiger partial charge in [-0.2, -0.15) is 0 Å². The van der Waals surface area contributed by atoms with Gasteiger partial charge in [0.15, 0.2) is 0 Å². The fraction of sp³-hybridized carbons (Fsp3) is 0.759. The average Bonchev–Trinajstić information content (AvgIpc) is 3.49. The van der Waals surface area contributed by atoms with Crippen molar-refractivity contribution in [3.63, 3.8) is 0 Å². The van der Waals surface area contributed by atoms with Gasteiger partial charge in [-0.25, -0.2) is 0 Å². The fourth-order valence-electron chi connectivity index (χ4n) is 7.20. The molecule has 1 saturated carbocycles. The van der Waals surface area contributed by atoms with E-state index in [9.17, 15) is 19.5 Å². The largest absolute Gasteiger partial charge is 0.465 e. The van der Waals surface area contributed by atoms with Gasteiger partial charge in [-0.3, -0.25) is 14.4 Å². The van der Waals surface area contributed by atoms with E-state index in [0.29, 0.717) is 19.4 Å². The van der Waals surface area contributed by atoms with E-state index in [1.165, 1.54) is 6.42 Å². The van der Waals surface area contributed by atoms with E-state index in [1.54, 1.807) is 28.8 Å². The van der Waals surface area contributed by atoms with Gasteiger partial charge in [0.2, 0.25) is 11.8 Å². The van der Waals surface area contributed by atoms with Crippen LogP contribution in [0.2, 0.25) is 0 Å². The lowest BCUT2D eigenvalue weighted by Crippen LogP contribution is -2.60.